The van der Waals surface area contributed by atoms with E-state index < -0.39 is 11.9 Å². The Morgan fingerprint density at radius 2 is 2.19 bits per heavy atom. The summed E-state index contributed by atoms with van der Waals surface area (Å²) in [5.74, 6) is -0.129. The lowest BCUT2D eigenvalue weighted by Gasteiger charge is -2.25. The standard InChI is InChI=1S/C18H17FN4O3/c19-14-9-11(23(18(24)25)12-3-6-20-10-12)1-2-16(14)26-15-5-8-22-17-13(15)4-7-21-17/h1-2,4-5,7-9,12,20H,3,6,10H2,(H,21,22)(H,24,25). The second-order valence-corrected chi connectivity index (χ2v) is 6.07. The molecule has 0 radical (unpaired) electrons. The number of pyridine rings is 1. The quantitative estimate of drug-likeness (QED) is 0.667. The third kappa shape index (κ3) is 2.95. The van der Waals surface area contributed by atoms with E-state index in [2.05, 4.69) is 15.3 Å². The molecule has 2 aromatic heterocycles. The number of carbonyl (C=O) groups is 1. The van der Waals surface area contributed by atoms with E-state index in [0.717, 1.165) is 11.9 Å². The molecule has 134 valence electrons. The lowest BCUT2D eigenvalue weighted by molar-refractivity contribution is 0.199. The van der Waals surface area contributed by atoms with E-state index in [4.69, 9.17) is 4.74 Å². The predicted octanol–water partition coefficient (Wildman–Crippen LogP) is 3.34. The number of anilines is 1. The number of carboxylic acid groups (broad SMARTS) is 1. The zero-order chi connectivity index (χ0) is 18.1. The number of hydrogen-bond donors (Lipinski definition) is 3. The minimum atomic E-state index is -1.10. The van der Waals surface area contributed by atoms with Crippen LogP contribution in [0, 0.1) is 5.82 Å². The van der Waals surface area contributed by atoms with Crippen molar-refractivity contribution in [2.75, 3.05) is 18.0 Å². The fraction of sp³-hybridized carbons (Fsp3) is 0.222. The third-order valence-corrected chi connectivity index (χ3v) is 4.44. The molecule has 1 aliphatic rings. The van der Waals surface area contributed by atoms with Crippen LogP contribution in [0.25, 0.3) is 11.0 Å². The Morgan fingerprint density at radius 3 is 2.92 bits per heavy atom. The number of aromatic amines is 1. The van der Waals surface area contributed by atoms with E-state index in [-0.39, 0.29) is 17.5 Å². The fourth-order valence-electron chi connectivity index (χ4n) is 3.20. The summed E-state index contributed by atoms with van der Waals surface area (Å²) < 4.78 is 20.3. The number of benzene rings is 1. The maximum absolute atomic E-state index is 14.6. The van der Waals surface area contributed by atoms with Crippen molar-refractivity contribution >= 4 is 22.8 Å². The third-order valence-electron chi connectivity index (χ3n) is 4.44. The topological polar surface area (TPSA) is 90.5 Å². The number of rotatable bonds is 4. The molecule has 1 fully saturated rings. The highest BCUT2D eigenvalue weighted by Crippen LogP contribution is 2.32. The summed E-state index contributed by atoms with van der Waals surface area (Å²) in [6.45, 7) is 1.29. The van der Waals surface area contributed by atoms with Gasteiger partial charge in [0.2, 0.25) is 0 Å². The molecule has 1 aliphatic heterocycles. The number of nitrogens with zero attached hydrogens (tertiary/aromatic N) is 2. The van der Waals surface area contributed by atoms with Gasteiger partial charge in [-0.25, -0.2) is 14.2 Å². The lowest BCUT2D eigenvalue weighted by Crippen LogP contribution is -2.40. The summed E-state index contributed by atoms with van der Waals surface area (Å²) in [6, 6.07) is 7.43. The van der Waals surface area contributed by atoms with Crippen LogP contribution in [-0.4, -0.2) is 40.3 Å². The van der Waals surface area contributed by atoms with Crippen LogP contribution < -0.4 is 15.0 Å². The molecule has 3 N–H and O–H groups in total. The summed E-state index contributed by atoms with van der Waals surface area (Å²) in [6.07, 6.45) is 2.88. The molecular formula is C18H17FN4O3. The van der Waals surface area contributed by atoms with Gasteiger partial charge >= 0.3 is 6.09 Å². The smallest absolute Gasteiger partial charge is 0.412 e. The van der Waals surface area contributed by atoms with E-state index in [1.165, 1.54) is 17.0 Å². The first-order valence-corrected chi connectivity index (χ1v) is 8.26. The average molecular weight is 356 g/mol. The molecule has 7 nitrogen and oxygen atoms in total. The molecule has 0 aliphatic carbocycles. The Kier molecular flexibility index (Phi) is 4.18. The van der Waals surface area contributed by atoms with Crippen molar-refractivity contribution in [1.29, 1.82) is 0 Å². The number of hydrogen-bond acceptors (Lipinski definition) is 4. The summed E-state index contributed by atoms with van der Waals surface area (Å²) >= 11 is 0. The van der Waals surface area contributed by atoms with Crippen LogP contribution in [0.2, 0.25) is 0 Å². The maximum atomic E-state index is 14.6. The van der Waals surface area contributed by atoms with E-state index in [1.807, 2.05) is 0 Å². The monoisotopic (exact) mass is 356 g/mol. The Hall–Kier alpha value is -3.13. The molecule has 1 aromatic carbocycles. The molecule has 0 bridgehead atoms. The normalized spacial score (nSPS) is 16.7. The first kappa shape index (κ1) is 16.3. The van der Waals surface area contributed by atoms with Gasteiger partial charge in [0.05, 0.1) is 17.1 Å². The van der Waals surface area contributed by atoms with Crippen molar-refractivity contribution in [1.82, 2.24) is 15.3 Å². The van der Waals surface area contributed by atoms with Crippen molar-refractivity contribution in [3.63, 3.8) is 0 Å². The molecule has 1 saturated heterocycles. The Balaban J connectivity index is 1.63. The second-order valence-electron chi connectivity index (χ2n) is 6.07. The zero-order valence-corrected chi connectivity index (χ0v) is 13.8. The largest absolute Gasteiger partial charge is 0.465 e. The van der Waals surface area contributed by atoms with Crippen molar-refractivity contribution in [3.05, 3.63) is 48.5 Å². The van der Waals surface area contributed by atoms with Gasteiger partial charge in [0.1, 0.15) is 11.4 Å². The van der Waals surface area contributed by atoms with Gasteiger partial charge < -0.3 is 20.1 Å². The molecule has 4 rings (SSSR count). The van der Waals surface area contributed by atoms with E-state index in [0.29, 0.717) is 24.4 Å². The van der Waals surface area contributed by atoms with Crippen molar-refractivity contribution in [3.8, 4) is 11.5 Å². The number of nitrogens with one attached hydrogen (secondary N) is 2. The number of fused-ring (bicyclic) bond motifs is 1. The summed E-state index contributed by atoms with van der Waals surface area (Å²) in [5, 5.41) is 13.4. The van der Waals surface area contributed by atoms with Gasteiger partial charge in [-0.1, -0.05) is 0 Å². The van der Waals surface area contributed by atoms with Gasteiger partial charge in [-0.15, -0.1) is 0 Å². The van der Waals surface area contributed by atoms with Crippen molar-refractivity contribution < 1.29 is 19.0 Å². The molecule has 3 aromatic rings. The summed E-state index contributed by atoms with van der Waals surface area (Å²) in [7, 11) is 0. The number of halogens is 1. The van der Waals surface area contributed by atoms with Gasteiger partial charge in [-0.2, -0.15) is 0 Å². The predicted molar refractivity (Wildman–Crippen MR) is 94.3 cm³/mol. The number of aromatic nitrogens is 2. The van der Waals surface area contributed by atoms with Crippen molar-refractivity contribution in [2.24, 2.45) is 0 Å². The Morgan fingerprint density at radius 1 is 1.31 bits per heavy atom. The maximum Gasteiger partial charge on any atom is 0.412 e. The summed E-state index contributed by atoms with van der Waals surface area (Å²) in [5.41, 5.74) is 0.933. The molecule has 1 atom stereocenters. The molecule has 1 amide bonds. The molecular weight excluding hydrogens is 339 g/mol. The van der Waals surface area contributed by atoms with Crippen molar-refractivity contribution in [2.45, 2.75) is 12.5 Å². The molecule has 0 saturated carbocycles. The number of amides is 1. The molecule has 3 heterocycles. The van der Waals surface area contributed by atoms with Crippen LogP contribution in [0.15, 0.2) is 42.7 Å². The van der Waals surface area contributed by atoms with Crippen LogP contribution in [0.5, 0.6) is 11.5 Å². The van der Waals surface area contributed by atoms with Crippen LogP contribution >= 0.6 is 0 Å². The van der Waals surface area contributed by atoms with Gasteiger partial charge in [-0.3, -0.25) is 4.90 Å². The Labute approximate surface area is 148 Å². The van der Waals surface area contributed by atoms with E-state index >= 15 is 0 Å². The SMILES string of the molecule is O=C(O)N(c1ccc(Oc2ccnc3[nH]ccc23)c(F)c1)C1CCNC1. The minimum absolute atomic E-state index is 0.0253. The molecule has 26 heavy (non-hydrogen) atoms. The first-order chi connectivity index (χ1) is 12.6. The summed E-state index contributed by atoms with van der Waals surface area (Å²) in [4.78, 5) is 19.9. The van der Waals surface area contributed by atoms with Gasteiger partial charge in [-0.05, 0) is 37.2 Å². The fourth-order valence-corrected chi connectivity index (χ4v) is 3.20. The second kappa shape index (κ2) is 6.64. The van der Waals surface area contributed by atoms with E-state index in [9.17, 15) is 14.3 Å². The lowest BCUT2D eigenvalue weighted by atomic mass is 10.2. The number of H-pyrrole nitrogens is 1. The van der Waals surface area contributed by atoms with Crippen LogP contribution in [-0.2, 0) is 0 Å². The highest BCUT2D eigenvalue weighted by Gasteiger charge is 2.28. The zero-order valence-electron chi connectivity index (χ0n) is 13.8. The minimum Gasteiger partial charge on any atom is -0.465 e. The van der Waals surface area contributed by atoms with Crippen LogP contribution in [0.3, 0.4) is 0 Å². The van der Waals surface area contributed by atoms with Gasteiger partial charge in [0.25, 0.3) is 0 Å². The van der Waals surface area contributed by atoms with Crippen LogP contribution in [0.1, 0.15) is 6.42 Å². The number of ether oxygens (including phenoxy) is 1. The molecule has 1 unspecified atom stereocenters. The molecule has 8 heteroatoms. The molecule has 0 spiro atoms. The highest BCUT2D eigenvalue weighted by atomic mass is 19.1. The Bertz CT molecular complexity index is 953. The average Bonchev–Trinajstić information content (AvgIpc) is 3.29. The van der Waals surface area contributed by atoms with Gasteiger partial charge in [0, 0.05) is 25.0 Å². The highest BCUT2D eigenvalue weighted by molar-refractivity contribution is 5.87. The van der Waals surface area contributed by atoms with Gasteiger partial charge in [0.15, 0.2) is 11.6 Å². The van der Waals surface area contributed by atoms with E-state index in [1.54, 1.807) is 30.6 Å². The first-order valence-electron chi connectivity index (χ1n) is 8.26. The van der Waals surface area contributed by atoms with Crippen LogP contribution in [0.4, 0.5) is 14.9 Å².